The van der Waals surface area contributed by atoms with E-state index >= 15 is 0 Å². The summed E-state index contributed by atoms with van der Waals surface area (Å²) in [4.78, 5) is 10.7. The van der Waals surface area contributed by atoms with Gasteiger partial charge in [-0.1, -0.05) is 198 Å². The molecule has 12 rings (SSSR count). The van der Waals surface area contributed by atoms with Crippen LogP contribution in [0.1, 0.15) is 49.9 Å². The van der Waals surface area contributed by atoms with Gasteiger partial charge in [-0.25, -0.2) is 9.97 Å². The Morgan fingerprint density at radius 2 is 0.871 bits per heavy atom. The molecule has 1 aromatic heterocycles. The van der Waals surface area contributed by atoms with E-state index < -0.39 is 0 Å². The van der Waals surface area contributed by atoms with Crippen molar-refractivity contribution in [3.63, 3.8) is 0 Å². The summed E-state index contributed by atoms with van der Waals surface area (Å²) in [5.74, 6) is 0.718. The molecule has 0 bridgehead atoms. The molecule has 2 aliphatic rings. The zero-order chi connectivity index (χ0) is 41.7. The summed E-state index contributed by atoms with van der Waals surface area (Å²) in [5, 5.41) is 4.93. The van der Waals surface area contributed by atoms with Crippen molar-refractivity contribution in [3.8, 4) is 78.4 Å². The molecule has 0 spiro atoms. The Balaban J connectivity index is 1.00. The number of aromatic nitrogens is 2. The van der Waals surface area contributed by atoms with E-state index in [0.717, 1.165) is 39.3 Å². The minimum Gasteiger partial charge on any atom is -0.228 e. The molecule has 294 valence electrons. The molecule has 2 heteroatoms. The third-order valence-corrected chi connectivity index (χ3v) is 13.9. The summed E-state index contributed by atoms with van der Waals surface area (Å²) < 4.78 is 0. The van der Waals surface area contributed by atoms with Crippen LogP contribution in [0.25, 0.3) is 100.0 Å². The first-order valence-electron chi connectivity index (χ1n) is 21.7. The largest absolute Gasteiger partial charge is 0.228 e. The highest BCUT2D eigenvalue weighted by Crippen LogP contribution is 2.54. The zero-order valence-electron chi connectivity index (χ0n) is 35.4. The highest BCUT2D eigenvalue weighted by Gasteiger charge is 2.39. The van der Waals surface area contributed by atoms with Crippen molar-refractivity contribution in [2.45, 2.75) is 38.5 Å². The SMILES string of the molecule is CC1(C)c2ccccc2-c2c(-c3cc(-c4ccc(-c5cccc(-c6cccc7c6C(C)(C)c6cc8ccccc8cc6-7)c5)c5ccccc45)nc(-c4ccccc4)n3)cccc21. The van der Waals surface area contributed by atoms with Crippen LogP contribution in [0.3, 0.4) is 0 Å². The second-order valence-corrected chi connectivity index (χ2v) is 18.1. The maximum absolute atomic E-state index is 5.34. The van der Waals surface area contributed by atoms with Gasteiger partial charge in [-0.05, 0) is 113 Å². The van der Waals surface area contributed by atoms with Gasteiger partial charge >= 0.3 is 0 Å². The maximum Gasteiger partial charge on any atom is 0.160 e. The predicted octanol–water partition coefficient (Wildman–Crippen LogP) is 15.7. The van der Waals surface area contributed by atoms with Gasteiger partial charge in [-0.15, -0.1) is 0 Å². The Bertz CT molecular complexity index is 3460. The van der Waals surface area contributed by atoms with Gasteiger partial charge in [0, 0.05) is 27.5 Å². The van der Waals surface area contributed by atoms with Gasteiger partial charge in [0.05, 0.1) is 11.4 Å². The van der Waals surface area contributed by atoms with Crippen LogP contribution in [0.15, 0.2) is 194 Å². The summed E-state index contributed by atoms with van der Waals surface area (Å²) in [7, 11) is 0. The first-order chi connectivity index (χ1) is 30.3. The fourth-order valence-electron chi connectivity index (χ4n) is 10.8. The lowest BCUT2D eigenvalue weighted by atomic mass is 9.78. The average molecular weight is 793 g/mol. The van der Waals surface area contributed by atoms with Gasteiger partial charge < -0.3 is 0 Å². The standard InChI is InChI=1S/C60H44N2/c1-59(2)51-29-13-12-25-48(51)56-49(28-16-30-52(56)59)55-36-54(61-58(62-55)37-17-6-5-7-18-37)46-32-31-42(44-23-10-11-24-45(44)46)40-21-14-22-41(33-40)43-26-15-27-47-50-34-38-19-8-9-20-39(38)35-53(50)60(3,4)57(43)47/h5-36H,1-4H3. The molecule has 0 unspecified atom stereocenters. The molecule has 0 atom stereocenters. The molecular formula is C60H44N2. The Hall–Kier alpha value is -7.42. The summed E-state index contributed by atoms with van der Waals surface area (Å²) in [5.41, 5.74) is 20.4. The van der Waals surface area contributed by atoms with E-state index in [0.29, 0.717) is 0 Å². The summed E-state index contributed by atoms with van der Waals surface area (Å²) in [6.45, 7) is 9.44. The highest BCUT2D eigenvalue weighted by atomic mass is 14.9. The Morgan fingerprint density at radius 3 is 1.68 bits per heavy atom. The van der Waals surface area contributed by atoms with Crippen LogP contribution in [-0.4, -0.2) is 9.97 Å². The lowest BCUT2D eigenvalue weighted by molar-refractivity contribution is 0.660. The van der Waals surface area contributed by atoms with E-state index in [-0.39, 0.29) is 10.8 Å². The number of rotatable bonds is 5. The first kappa shape index (κ1) is 36.4. The van der Waals surface area contributed by atoms with Crippen LogP contribution in [0.2, 0.25) is 0 Å². The third kappa shape index (κ3) is 5.43. The van der Waals surface area contributed by atoms with E-state index in [4.69, 9.17) is 9.97 Å². The molecule has 0 radical (unpaired) electrons. The van der Waals surface area contributed by atoms with Crippen molar-refractivity contribution >= 4 is 21.5 Å². The number of hydrogen-bond acceptors (Lipinski definition) is 2. The van der Waals surface area contributed by atoms with Crippen molar-refractivity contribution in [2.75, 3.05) is 0 Å². The molecule has 2 aliphatic carbocycles. The zero-order valence-corrected chi connectivity index (χ0v) is 35.4. The molecule has 62 heavy (non-hydrogen) atoms. The van der Waals surface area contributed by atoms with E-state index in [1.54, 1.807) is 0 Å². The number of nitrogens with zero attached hydrogens (tertiary/aromatic N) is 2. The second-order valence-electron chi connectivity index (χ2n) is 18.1. The van der Waals surface area contributed by atoms with Crippen molar-refractivity contribution < 1.29 is 0 Å². The first-order valence-corrected chi connectivity index (χ1v) is 21.7. The molecular weight excluding hydrogens is 749 g/mol. The van der Waals surface area contributed by atoms with Gasteiger partial charge in [0.15, 0.2) is 5.82 Å². The minimum absolute atomic E-state index is 0.111. The topological polar surface area (TPSA) is 25.8 Å². The van der Waals surface area contributed by atoms with Gasteiger partial charge in [-0.2, -0.15) is 0 Å². The molecule has 0 amide bonds. The lowest BCUT2D eigenvalue weighted by Gasteiger charge is -2.25. The van der Waals surface area contributed by atoms with Crippen LogP contribution < -0.4 is 0 Å². The van der Waals surface area contributed by atoms with E-state index in [9.17, 15) is 0 Å². The molecule has 9 aromatic carbocycles. The van der Waals surface area contributed by atoms with Gasteiger partial charge in [0.1, 0.15) is 0 Å². The fourth-order valence-corrected chi connectivity index (χ4v) is 10.8. The minimum atomic E-state index is -0.149. The van der Waals surface area contributed by atoms with Crippen LogP contribution >= 0.6 is 0 Å². The number of hydrogen-bond donors (Lipinski definition) is 0. The monoisotopic (exact) mass is 792 g/mol. The Labute approximate surface area is 363 Å². The van der Waals surface area contributed by atoms with Gasteiger partial charge in [0.2, 0.25) is 0 Å². The van der Waals surface area contributed by atoms with Crippen LogP contribution in [-0.2, 0) is 10.8 Å². The van der Waals surface area contributed by atoms with E-state index in [2.05, 4.69) is 216 Å². The molecule has 0 N–H and O–H groups in total. The molecule has 2 nitrogen and oxygen atoms in total. The lowest BCUT2D eigenvalue weighted by Crippen LogP contribution is -2.16. The fraction of sp³-hybridized carbons (Fsp3) is 0.100. The summed E-state index contributed by atoms with van der Waals surface area (Å²) >= 11 is 0. The van der Waals surface area contributed by atoms with Crippen LogP contribution in [0, 0.1) is 0 Å². The van der Waals surface area contributed by atoms with Crippen molar-refractivity contribution in [2.24, 2.45) is 0 Å². The van der Waals surface area contributed by atoms with Crippen molar-refractivity contribution in [1.82, 2.24) is 9.97 Å². The summed E-state index contributed by atoms with van der Waals surface area (Å²) in [6, 6.07) is 71.0. The normalized spacial score (nSPS) is 14.1. The Kier molecular flexibility index (Phi) is 7.96. The maximum atomic E-state index is 5.34. The van der Waals surface area contributed by atoms with Crippen LogP contribution in [0.4, 0.5) is 0 Å². The molecule has 10 aromatic rings. The molecule has 0 saturated carbocycles. The van der Waals surface area contributed by atoms with Crippen LogP contribution in [0.5, 0.6) is 0 Å². The number of benzene rings is 9. The summed E-state index contributed by atoms with van der Waals surface area (Å²) in [6.07, 6.45) is 0. The van der Waals surface area contributed by atoms with Gasteiger partial charge in [-0.3, -0.25) is 0 Å². The molecule has 0 aliphatic heterocycles. The van der Waals surface area contributed by atoms with E-state index in [1.165, 1.54) is 82.9 Å². The predicted molar refractivity (Wildman–Crippen MR) is 259 cm³/mol. The molecule has 1 heterocycles. The number of fused-ring (bicyclic) bond motifs is 8. The van der Waals surface area contributed by atoms with E-state index in [1.807, 2.05) is 6.07 Å². The smallest absolute Gasteiger partial charge is 0.160 e. The molecule has 0 saturated heterocycles. The van der Waals surface area contributed by atoms with Crippen molar-refractivity contribution in [3.05, 3.63) is 216 Å². The Morgan fingerprint density at radius 1 is 0.323 bits per heavy atom. The second kappa shape index (κ2) is 13.5. The van der Waals surface area contributed by atoms with Crippen molar-refractivity contribution in [1.29, 1.82) is 0 Å². The highest BCUT2D eigenvalue weighted by molar-refractivity contribution is 6.06. The van der Waals surface area contributed by atoms with Gasteiger partial charge in [0.25, 0.3) is 0 Å². The third-order valence-electron chi connectivity index (χ3n) is 13.9. The quantitative estimate of drug-likeness (QED) is 0.173. The molecule has 0 fully saturated rings. The average Bonchev–Trinajstić information content (AvgIpc) is 3.69.